The second-order valence-electron chi connectivity index (χ2n) is 9.59. The molecule has 6 rings (SSSR count). The molecule has 39 heavy (non-hydrogen) atoms. The normalized spacial score (nSPS) is 17.0. The molecule has 4 aromatic rings. The van der Waals surface area contributed by atoms with Gasteiger partial charge in [-0.1, -0.05) is 5.16 Å². The Bertz CT molecular complexity index is 1460. The smallest absolute Gasteiger partial charge is 0.324 e. The van der Waals surface area contributed by atoms with E-state index in [2.05, 4.69) is 42.5 Å². The van der Waals surface area contributed by atoms with Crippen molar-refractivity contribution in [1.29, 1.82) is 0 Å². The van der Waals surface area contributed by atoms with Crippen LogP contribution in [-0.4, -0.2) is 63.5 Å². The molecule has 1 saturated heterocycles. The molecule has 1 atom stereocenters. The van der Waals surface area contributed by atoms with Gasteiger partial charge in [0.2, 0.25) is 0 Å². The first-order valence-electron chi connectivity index (χ1n) is 12.9. The molecule has 0 aliphatic carbocycles. The van der Waals surface area contributed by atoms with Crippen molar-refractivity contribution in [2.45, 2.75) is 32.9 Å². The number of carbonyl (C=O) groups excluding carboxylic acids is 1. The number of fused-ring (bicyclic) bond motifs is 1. The fourth-order valence-corrected chi connectivity index (χ4v) is 4.89. The Labute approximate surface area is 225 Å². The zero-order chi connectivity index (χ0) is 26.8. The van der Waals surface area contributed by atoms with Crippen LogP contribution in [0.25, 0.3) is 11.4 Å². The summed E-state index contributed by atoms with van der Waals surface area (Å²) in [6, 6.07) is 10.8. The quantitative estimate of drug-likeness (QED) is 0.396. The lowest BCUT2D eigenvalue weighted by molar-refractivity contribution is 0.0984. The molecule has 5 heterocycles. The molecule has 12 nitrogen and oxygen atoms in total. The van der Waals surface area contributed by atoms with Gasteiger partial charge in [-0.05, 0) is 50.6 Å². The van der Waals surface area contributed by atoms with E-state index in [4.69, 9.17) is 19.2 Å². The predicted molar refractivity (Wildman–Crippen MR) is 146 cm³/mol. The summed E-state index contributed by atoms with van der Waals surface area (Å²) in [6.07, 6.45) is 4.01. The fourth-order valence-electron chi connectivity index (χ4n) is 4.89. The summed E-state index contributed by atoms with van der Waals surface area (Å²) < 4.78 is 10.4. The molecule has 0 spiro atoms. The van der Waals surface area contributed by atoms with E-state index < -0.39 is 6.03 Å². The minimum absolute atomic E-state index is 0.211. The number of carbonyl (C=O) groups is 1. The summed E-state index contributed by atoms with van der Waals surface area (Å²) >= 11 is 0. The van der Waals surface area contributed by atoms with Gasteiger partial charge in [0, 0.05) is 42.2 Å². The highest BCUT2D eigenvalue weighted by Crippen LogP contribution is 2.32. The van der Waals surface area contributed by atoms with Crippen LogP contribution in [0, 0.1) is 6.92 Å². The number of ether oxygens (including phenoxy) is 1. The first-order chi connectivity index (χ1) is 19.0. The van der Waals surface area contributed by atoms with Gasteiger partial charge in [-0.3, -0.25) is 5.32 Å². The van der Waals surface area contributed by atoms with Gasteiger partial charge in [0.15, 0.2) is 11.6 Å². The van der Waals surface area contributed by atoms with Crippen LogP contribution in [-0.2, 0) is 17.7 Å². The standard InChI is InChI=1S/C27H29N9O3/c1-17-16-38-14-12-36(17)26-21-8-11-35(24-7-10-28-18(2)29-24)15-22(21)31-25(33-26)19-3-5-20(6-4-19)30-27(37)32-23-9-13-39-34-23/h3-7,9-10,13,17H,8,11-12,14-16H2,1-2H3,(H2,30,32,34,37)/t17-/m0/s1. The second kappa shape index (κ2) is 10.7. The summed E-state index contributed by atoms with van der Waals surface area (Å²) in [5, 5.41) is 9.09. The molecule has 2 amide bonds. The Kier molecular flexibility index (Phi) is 6.76. The van der Waals surface area contributed by atoms with Gasteiger partial charge in [0.25, 0.3) is 0 Å². The summed E-state index contributed by atoms with van der Waals surface area (Å²) in [5.74, 6) is 3.59. The van der Waals surface area contributed by atoms with E-state index in [-0.39, 0.29) is 6.04 Å². The number of nitrogens with zero attached hydrogens (tertiary/aromatic N) is 7. The van der Waals surface area contributed by atoms with Crippen molar-refractivity contribution in [3.63, 3.8) is 0 Å². The van der Waals surface area contributed by atoms with Crippen molar-refractivity contribution in [3.05, 3.63) is 65.9 Å². The molecule has 3 aromatic heterocycles. The van der Waals surface area contributed by atoms with Crippen LogP contribution >= 0.6 is 0 Å². The third kappa shape index (κ3) is 5.36. The van der Waals surface area contributed by atoms with Crippen LogP contribution in [0.5, 0.6) is 0 Å². The maximum atomic E-state index is 12.3. The maximum absolute atomic E-state index is 12.3. The van der Waals surface area contributed by atoms with Crippen molar-refractivity contribution < 1.29 is 14.1 Å². The molecule has 2 aliphatic heterocycles. The Morgan fingerprint density at radius 3 is 2.69 bits per heavy atom. The topological polar surface area (TPSA) is 134 Å². The fraction of sp³-hybridized carbons (Fsp3) is 0.333. The molecular formula is C27H29N9O3. The predicted octanol–water partition coefficient (Wildman–Crippen LogP) is 3.66. The van der Waals surface area contributed by atoms with Gasteiger partial charge in [-0.15, -0.1) is 0 Å². The lowest BCUT2D eigenvalue weighted by atomic mass is 10.0. The lowest BCUT2D eigenvalue weighted by Crippen LogP contribution is -2.45. The molecule has 2 aliphatic rings. The molecule has 1 fully saturated rings. The number of morpholine rings is 1. The Hall–Kier alpha value is -4.58. The number of anilines is 4. The molecule has 1 aromatic carbocycles. The number of aryl methyl sites for hydroxylation is 1. The largest absolute Gasteiger partial charge is 0.377 e. The number of urea groups is 1. The number of amides is 2. The highest BCUT2D eigenvalue weighted by molar-refractivity contribution is 5.99. The summed E-state index contributed by atoms with van der Waals surface area (Å²) in [7, 11) is 0. The van der Waals surface area contributed by atoms with Crippen LogP contribution in [0.1, 0.15) is 24.0 Å². The van der Waals surface area contributed by atoms with Gasteiger partial charge >= 0.3 is 6.03 Å². The Balaban J connectivity index is 1.30. The Morgan fingerprint density at radius 2 is 1.92 bits per heavy atom. The van der Waals surface area contributed by atoms with Crippen LogP contribution in [0.4, 0.5) is 27.9 Å². The highest BCUT2D eigenvalue weighted by atomic mass is 16.5. The average Bonchev–Trinajstić information content (AvgIpc) is 3.46. The molecule has 12 heteroatoms. The maximum Gasteiger partial charge on any atom is 0.324 e. The third-order valence-corrected chi connectivity index (χ3v) is 6.85. The average molecular weight is 528 g/mol. The highest BCUT2D eigenvalue weighted by Gasteiger charge is 2.29. The molecular weight excluding hydrogens is 498 g/mol. The summed E-state index contributed by atoms with van der Waals surface area (Å²) in [5.41, 5.74) is 3.66. The zero-order valence-corrected chi connectivity index (χ0v) is 21.8. The molecule has 0 radical (unpaired) electrons. The lowest BCUT2D eigenvalue weighted by Gasteiger charge is -2.38. The minimum Gasteiger partial charge on any atom is -0.377 e. The molecule has 0 unspecified atom stereocenters. The first kappa shape index (κ1) is 24.7. The van der Waals surface area contributed by atoms with Crippen LogP contribution in [0.15, 0.2) is 53.4 Å². The monoisotopic (exact) mass is 527 g/mol. The first-order valence-corrected chi connectivity index (χ1v) is 12.9. The minimum atomic E-state index is -0.412. The van der Waals surface area contributed by atoms with E-state index in [9.17, 15) is 4.79 Å². The van der Waals surface area contributed by atoms with Crippen LogP contribution in [0.2, 0.25) is 0 Å². The van der Waals surface area contributed by atoms with Crippen molar-refractivity contribution in [2.24, 2.45) is 0 Å². The second-order valence-corrected chi connectivity index (χ2v) is 9.59. The SMILES string of the molecule is Cc1nccc(N2CCc3c(nc(-c4ccc(NC(=O)Nc5ccon5)cc4)nc3N3CCOC[C@@H]3C)C2)n1. The number of nitrogens with one attached hydrogen (secondary N) is 2. The van der Waals surface area contributed by atoms with E-state index in [0.717, 1.165) is 48.2 Å². The Morgan fingerprint density at radius 1 is 1.05 bits per heavy atom. The van der Waals surface area contributed by atoms with Crippen LogP contribution < -0.4 is 20.4 Å². The van der Waals surface area contributed by atoms with Gasteiger partial charge < -0.3 is 24.4 Å². The number of aromatic nitrogens is 5. The molecule has 2 N–H and O–H groups in total. The number of rotatable bonds is 5. The summed E-state index contributed by atoms with van der Waals surface area (Å²) in [4.78, 5) is 35.8. The van der Waals surface area contributed by atoms with E-state index in [1.807, 2.05) is 37.3 Å². The number of benzene rings is 1. The van der Waals surface area contributed by atoms with Gasteiger partial charge in [0.1, 0.15) is 23.7 Å². The molecule has 0 bridgehead atoms. The van der Waals surface area contributed by atoms with E-state index in [1.165, 1.54) is 11.8 Å². The van der Waals surface area contributed by atoms with E-state index in [1.54, 1.807) is 12.3 Å². The molecule has 0 saturated carbocycles. The van der Waals surface area contributed by atoms with Gasteiger partial charge in [-0.25, -0.2) is 24.7 Å². The zero-order valence-electron chi connectivity index (χ0n) is 21.8. The van der Waals surface area contributed by atoms with Crippen molar-refractivity contribution >= 4 is 29.2 Å². The summed E-state index contributed by atoms with van der Waals surface area (Å²) in [6.45, 7) is 7.64. The number of hydrogen-bond acceptors (Lipinski definition) is 10. The van der Waals surface area contributed by atoms with E-state index in [0.29, 0.717) is 37.1 Å². The van der Waals surface area contributed by atoms with E-state index >= 15 is 0 Å². The van der Waals surface area contributed by atoms with Gasteiger partial charge in [-0.2, -0.15) is 0 Å². The van der Waals surface area contributed by atoms with Crippen molar-refractivity contribution in [2.75, 3.05) is 46.7 Å². The van der Waals surface area contributed by atoms with Crippen molar-refractivity contribution in [3.8, 4) is 11.4 Å². The van der Waals surface area contributed by atoms with Crippen LogP contribution in [0.3, 0.4) is 0 Å². The number of hydrogen-bond donors (Lipinski definition) is 2. The van der Waals surface area contributed by atoms with Crippen molar-refractivity contribution in [1.82, 2.24) is 25.1 Å². The third-order valence-electron chi connectivity index (χ3n) is 6.85. The van der Waals surface area contributed by atoms with Gasteiger partial charge in [0.05, 0.1) is 31.5 Å². The molecule has 200 valence electrons.